The fourth-order valence-electron chi connectivity index (χ4n) is 5.47. The Morgan fingerprint density at radius 2 is 1.06 bits per heavy atom. The Labute approximate surface area is 214 Å². The molecule has 0 aromatic heterocycles. The molecule has 4 rings (SSSR count). The van der Waals surface area contributed by atoms with Gasteiger partial charge in [0, 0.05) is 9.79 Å². The van der Waals surface area contributed by atoms with Crippen LogP contribution in [0.5, 0.6) is 11.5 Å². The van der Waals surface area contributed by atoms with Crippen molar-refractivity contribution in [3.8, 4) is 11.5 Å². The van der Waals surface area contributed by atoms with Crippen molar-refractivity contribution in [2.45, 2.75) is 78.5 Å². The van der Waals surface area contributed by atoms with Crippen molar-refractivity contribution in [2.24, 2.45) is 0 Å². The summed E-state index contributed by atoms with van der Waals surface area (Å²) in [5.41, 5.74) is 4.19. The Morgan fingerprint density at radius 1 is 0.647 bits per heavy atom. The van der Waals surface area contributed by atoms with Crippen molar-refractivity contribution in [1.82, 2.24) is 0 Å². The molecule has 1 aliphatic heterocycles. The van der Waals surface area contributed by atoms with Crippen LogP contribution in [0.25, 0.3) is 0 Å². The molecule has 3 aromatic carbocycles. The summed E-state index contributed by atoms with van der Waals surface area (Å²) in [7, 11) is -1.98. The average molecular weight is 509 g/mol. The molecule has 0 amide bonds. The molecule has 2 nitrogen and oxygen atoms in total. The van der Waals surface area contributed by atoms with E-state index in [0.29, 0.717) is 22.4 Å². The molecule has 0 fully saturated rings. The van der Waals surface area contributed by atoms with Gasteiger partial charge in [0.1, 0.15) is 11.5 Å². The molecule has 3 aromatic rings. The molecule has 2 atom stereocenters. The molecule has 0 spiro atoms. The Bertz CT molecular complexity index is 1070. The highest BCUT2D eigenvalue weighted by Gasteiger charge is 2.47. The van der Waals surface area contributed by atoms with Gasteiger partial charge in [-0.25, -0.2) is 0 Å². The fourth-order valence-corrected chi connectivity index (χ4v) is 13.7. The molecule has 0 bridgehead atoms. The Balaban J connectivity index is 1.66. The number of aromatic hydroxyl groups is 1. The number of phenols is 1. The molecule has 5 heteroatoms. The van der Waals surface area contributed by atoms with Gasteiger partial charge in [-0.2, -0.15) is 0 Å². The summed E-state index contributed by atoms with van der Waals surface area (Å²) in [5, 5.41) is 10.4. The van der Waals surface area contributed by atoms with Crippen molar-refractivity contribution in [3.05, 3.63) is 83.9 Å². The first kappa shape index (κ1) is 25.3. The van der Waals surface area contributed by atoms with Gasteiger partial charge < -0.3 is 9.53 Å². The second-order valence-corrected chi connectivity index (χ2v) is 17.8. The highest BCUT2D eigenvalue weighted by atomic mass is 32.2. The monoisotopic (exact) mass is 508 g/mol. The van der Waals surface area contributed by atoms with E-state index in [0.717, 1.165) is 5.75 Å². The summed E-state index contributed by atoms with van der Waals surface area (Å²) in [5.74, 6) is 1.31. The molecular formula is C29H36O2S2Si. The molecule has 1 N–H and O–H groups in total. The van der Waals surface area contributed by atoms with Crippen LogP contribution >= 0.6 is 23.5 Å². The zero-order chi connectivity index (χ0) is 24.5. The van der Waals surface area contributed by atoms with Crippen LogP contribution in [0.3, 0.4) is 0 Å². The minimum atomic E-state index is -1.98. The number of fused-ring (bicyclic) bond motifs is 1. The van der Waals surface area contributed by atoms with Crippen molar-refractivity contribution in [3.63, 3.8) is 0 Å². The van der Waals surface area contributed by atoms with E-state index in [-0.39, 0.29) is 10.5 Å². The summed E-state index contributed by atoms with van der Waals surface area (Å²) in [6.07, 6.45) is 0. The van der Waals surface area contributed by atoms with E-state index in [1.54, 1.807) is 12.1 Å². The second-order valence-electron chi connectivity index (χ2n) is 10.1. The summed E-state index contributed by atoms with van der Waals surface area (Å²) in [6, 6.07) is 25.2. The van der Waals surface area contributed by atoms with Crippen LogP contribution < -0.4 is 4.43 Å². The van der Waals surface area contributed by atoms with E-state index < -0.39 is 8.32 Å². The van der Waals surface area contributed by atoms with E-state index in [9.17, 15) is 5.11 Å². The number of rotatable bonds is 7. The summed E-state index contributed by atoms with van der Waals surface area (Å²) in [4.78, 5) is 2.65. The topological polar surface area (TPSA) is 29.5 Å². The van der Waals surface area contributed by atoms with Gasteiger partial charge in [0.25, 0.3) is 8.32 Å². The standard InChI is InChI=1S/C29H36O2S2Si/c1-19(2)34(20(3)4,21(5)6)31-25-17-13-23(14-18-25)29-28(22-11-15-24(30)16-12-22)32-26-9-7-8-10-27(26)33-29/h7-21,28-30H,1-6H3/t28-,29-/m0/s1. The summed E-state index contributed by atoms with van der Waals surface area (Å²) < 4.78 is 6.91. The van der Waals surface area contributed by atoms with Gasteiger partial charge in [-0.15, -0.1) is 23.5 Å². The van der Waals surface area contributed by atoms with Gasteiger partial charge in [-0.3, -0.25) is 0 Å². The molecule has 0 radical (unpaired) electrons. The van der Waals surface area contributed by atoms with Gasteiger partial charge in [0.05, 0.1) is 10.5 Å². The van der Waals surface area contributed by atoms with Crippen molar-refractivity contribution in [1.29, 1.82) is 0 Å². The van der Waals surface area contributed by atoms with E-state index in [1.807, 2.05) is 23.5 Å². The number of hydrogen-bond acceptors (Lipinski definition) is 4. The predicted molar refractivity (Wildman–Crippen MR) is 150 cm³/mol. The normalized spacial score (nSPS) is 18.4. The van der Waals surface area contributed by atoms with Crippen LogP contribution in [0.2, 0.25) is 16.6 Å². The quantitative estimate of drug-likeness (QED) is 0.322. The molecule has 0 saturated carbocycles. The van der Waals surface area contributed by atoms with Crippen molar-refractivity contribution >= 4 is 31.8 Å². The van der Waals surface area contributed by atoms with Crippen LogP contribution in [-0.2, 0) is 0 Å². The zero-order valence-corrected chi connectivity index (χ0v) is 23.6. The lowest BCUT2D eigenvalue weighted by molar-refractivity contribution is 0.475. The van der Waals surface area contributed by atoms with Gasteiger partial charge in [0.15, 0.2) is 0 Å². The number of thioether (sulfide) groups is 2. The average Bonchev–Trinajstić information content (AvgIpc) is 2.82. The van der Waals surface area contributed by atoms with Crippen molar-refractivity contribution < 1.29 is 9.53 Å². The van der Waals surface area contributed by atoms with Crippen LogP contribution in [-0.4, -0.2) is 13.4 Å². The van der Waals surface area contributed by atoms with Crippen LogP contribution in [0.1, 0.15) is 63.2 Å². The van der Waals surface area contributed by atoms with E-state index >= 15 is 0 Å². The molecule has 34 heavy (non-hydrogen) atoms. The highest BCUT2D eigenvalue weighted by Crippen LogP contribution is 2.59. The van der Waals surface area contributed by atoms with Gasteiger partial charge in [-0.05, 0) is 64.1 Å². The predicted octanol–water partition coefficient (Wildman–Crippen LogP) is 9.63. The smallest absolute Gasteiger partial charge is 0.258 e. The minimum Gasteiger partial charge on any atom is -0.543 e. The highest BCUT2D eigenvalue weighted by molar-refractivity contribution is 8.06. The maximum atomic E-state index is 9.81. The Morgan fingerprint density at radius 3 is 1.47 bits per heavy atom. The minimum absolute atomic E-state index is 0.266. The molecule has 180 valence electrons. The van der Waals surface area contributed by atoms with Crippen LogP contribution in [0.4, 0.5) is 0 Å². The zero-order valence-electron chi connectivity index (χ0n) is 21.0. The lowest BCUT2D eigenvalue weighted by Gasteiger charge is -2.42. The maximum absolute atomic E-state index is 9.81. The first-order valence-corrected chi connectivity index (χ1v) is 16.1. The second kappa shape index (κ2) is 10.4. The lowest BCUT2D eigenvalue weighted by Crippen LogP contribution is -2.50. The summed E-state index contributed by atoms with van der Waals surface area (Å²) in [6.45, 7) is 14.0. The number of phenolic OH excluding ortho intramolecular Hbond substituents is 1. The molecular weight excluding hydrogens is 473 g/mol. The number of hydrogen-bond donors (Lipinski definition) is 1. The van der Waals surface area contributed by atoms with E-state index in [4.69, 9.17) is 4.43 Å². The first-order valence-electron chi connectivity index (χ1n) is 12.2. The van der Waals surface area contributed by atoms with Gasteiger partial charge in [0.2, 0.25) is 0 Å². The third kappa shape index (κ3) is 4.93. The van der Waals surface area contributed by atoms with E-state index in [2.05, 4.69) is 102 Å². The maximum Gasteiger partial charge on any atom is 0.258 e. The van der Waals surface area contributed by atoms with Crippen molar-refractivity contribution in [2.75, 3.05) is 0 Å². The fraction of sp³-hybridized carbons (Fsp3) is 0.379. The number of benzene rings is 3. The van der Waals surface area contributed by atoms with Gasteiger partial charge >= 0.3 is 0 Å². The molecule has 1 aliphatic rings. The first-order chi connectivity index (χ1) is 16.2. The SMILES string of the molecule is CC(C)[Si](Oc1ccc([C@@H]2Sc3ccccc3S[C@H]2c2ccc(O)cc2)cc1)(C(C)C)C(C)C. The molecule has 0 unspecified atom stereocenters. The largest absolute Gasteiger partial charge is 0.543 e. The van der Waals surface area contributed by atoms with Crippen LogP contribution in [0.15, 0.2) is 82.6 Å². The third-order valence-electron chi connectivity index (χ3n) is 7.06. The molecule has 0 saturated heterocycles. The lowest BCUT2D eigenvalue weighted by atomic mass is 10.0. The third-order valence-corrected chi connectivity index (χ3v) is 16.2. The molecule has 0 aliphatic carbocycles. The van der Waals surface area contributed by atoms with Gasteiger partial charge in [-0.1, -0.05) is 77.9 Å². The Hall–Kier alpha value is -1.82. The van der Waals surface area contributed by atoms with E-state index in [1.165, 1.54) is 20.9 Å². The molecule has 1 heterocycles. The Kier molecular flexibility index (Phi) is 7.75. The summed E-state index contributed by atoms with van der Waals surface area (Å²) >= 11 is 3.85. The van der Waals surface area contributed by atoms with Crippen LogP contribution in [0, 0.1) is 0 Å².